The quantitative estimate of drug-likeness (QED) is 0.824. The summed E-state index contributed by atoms with van der Waals surface area (Å²) in [4.78, 5) is 39.2. The molecule has 1 N–H and O–H groups in total. The first-order chi connectivity index (χ1) is 11.1. The van der Waals surface area contributed by atoms with Crippen molar-refractivity contribution in [3.63, 3.8) is 0 Å². The lowest BCUT2D eigenvalue weighted by Crippen LogP contribution is -2.51. The van der Waals surface area contributed by atoms with Crippen LogP contribution in [0.2, 0.25) is 0 Å². The normalized spacial score (nSPS) is 15.4. The van der Waals surface area contributed by atoms with Crippen LogP contribution < -0.4 is 5.32 Å². The molecule has 1 aliphatic rings. The Morgan fingerprint density at radius 3 is 1.96 bits per heavy atom. The van der Waals surface area contributed by atoms with Crippen LogP contribution in [-0.2, 0) is 14.3 Å². The molecule has 0 aromatic rings. The predicted molar refractivity (Wildman–Crippen MR) is 91.5 cm³/mol. The van der Waals surface area contributed by atoms with Crippen molar-refractivity contribution in [2.45, 2.75) is 53.1 Å². The molecule has 1 heterocycles. The van der Waals surface area contributed by atoms with Gasteiger partial charge in [-0.15, -0.1) is 0 Å². The molecule has 1 fully saturated rings. The highest BCUT2D eigenvalue weighted by atomic mass is 16.6. The molecule has 0 radical (unpaired) electrons. The monoisotopic (exact) mass is 341 g/mol. The van der Waals surface area contributed by atoms with Crippen molar-refractivity contribution in [1.82, 2.24) is 15.1 Å². The van der Waals surface area contributed by atoms with Crippen LogP contribution in [0.3, 0.4) is 0 Å². The lowest BCUT2D eigenvalue weighted by Gasteiger charge is -2.35. The Labute approximate surface area is 144 Å². The summed E-state index contributed by atoms with van der Waals surface area (Å²) in [5, 5.41) is 2.58. The van der Waals surface area contributed by atoms with Gasteiger partial charge >= 0.3 is 6.09 Å². The third-order valence-electron chi connectivity index (χ3n) is 3.58. The first kappa shape index (κ1) is 20.3. The maximum Gasteiger partial charge on any atom is 0.407 e. The van der Waals surface area contributed by atoms with Crippen LogP contribution in [0.25, 0.3) is 0 Å². The van der Waals surface area contributed by atoms with E-state index in [2.05, 4.69) is 5.32 Å². The zero-order valence-corrected chi connectivity index (χ0v) is 15.6. The molecule has 0 spiro atoms. The molecule has 1 aliphatic heterocycles. The fourth-order valence-electron chi connectivity index (χ4n) is 2.43. The number of hydrogen-bond acceptors (Lipinski definition) is 4. The SMILES string of the molecule is CC(C)CC(=O)N1CCN(C(=O)CCNC(=O)OC(C)(C)C)CC1. The van der Waals surface area contributed by atoms with E-state index in [0.717, 1.165) is 0 Å². The molecule has 0 aromatic carbocycles. The summed E-state index contributed by atoms with van der Waals surface area (Å²) < 4.78 is 5.12. The second kappa shape index (κ2) is 8.89. The Kier molecular flexibility index (Phi) is 7.51. The molecule has 138 valence electrons. The first-order valence-electron chi connectivity index (χ1n) is 8.61. The second-order valence-corrected chi connectivity index (χ2v) is 7.54. The van der Waals surface area contributed by atoms with Crippen LogP contribution in [0.15, 0.2) is 0 Å². The number of hydrogen-bond donors (Lipinski definition) is 1. The van der Waals surface area contributed by atoms with Crippen molar-refractivity contribution in [1.29, 1.82) is 0 Å². The fourth-order valence-corrected chi connectivity index (χ4v) is 2.43. The zero-order valence-electron chi connectivity index (χ0n) is 15.6. The number of ether oxygens (including phenoxy) is 1. The van der Waals surface area contributed by atoms with Crippen molar-refractivity contribution < 1.29 is 19.1 Å². The molecule has 7 nitrogen and oxygen atoms in total. The molecule has 7 heteroatoms. The van der Waals surface area contributed by atoms with E-state index < -0.39 is 11.7 Å². The fraction of sp³-hybridized carbons (Fsp3) is 0.824. The van der Waals surface area contributed by atoms with Gasteiger partial charge in [0.1, 0.15) is 5.60 Å². The molecular weight excluding hydrogens is 310 g/mol. The lowest BCUT2D eigenvalue weighted by atomic mass is 10.1. The highest BCUT2D eigenvalue weighted by Gasteiger charge is 2.24. The summed E-state index contributed by atoms with van der Waals surface area (Å²) in [6.45, 7) is 11.9. The van der Waals surface area contributed by atoms with Crippen LogP contribution >= 0.6 is 0 Å². The Hall–Kier alpha value is -1.79. The van der Waals surface area contributed by atoms with E-state index in [9.17, 15) is 14.4 Å². The highest BCUT2D eigenvalue weighted by Crippen LogP contribution is 2.09. The van der Waals surface area contributed by atoms with Crippen molar-refractivity contribution >= 4 is 17.9 Å². The Morgan fingerprint density at radius 2 is 1.50 bits per heavy atom. The van der Waals surface area contributed by atoms with Gasteiger partial charge in [0, 0.05) is 45.6 Å². The van der Waals surface area contributed by atoms with Gasteiger partial charge in [-0.1, -0.05) is 13.8 Å². The molecule has 1 saturated heterocycles. The molecule has 1 rings (SSSR count). The topological polar surface area (TPSA) is 79.0 Å². The van der Waals surface area contributed by atoms with E-state index in [0.29, 0.717) is 38.5 Å². The number of nitrogens with one attached hydrogen (secondary N) is 1. The summed E-state index contributed by atoms with van der Waals surface area (Å²) >= 11 is 0. The van der Waals surface area contributed by atoms with Crippen molar-refractivity contribution in [2.24, 2.45) is 5.92 Å². The molecule has 0 saturated carbocycles. The number of carbonyl (C=O) groups is 3. The number of piperazine rings is 1. The summed E-state index contributed by atoms with van der Waals surface area (Å²) in [7, 11) is 0. The third-order valence-corrected chi connectivity index (χ3v) is 3.58. The van der Waals surface area contributed by atoms with E-state index in [1.54, 1.807) is 25.7 Å². The highest BCUT2D eigenvalue weighted by molar-refractivity contribution is 5.79. The van der Waals surface area contributed by atoms with E-state index in [-0.39, 0.29) is 24.8 Å². The van der Waals surface area contributed by atoms with Gasteiger partial charge < -0.3 is 19.9 Å². The minimum atomic E-state index is -0.549. The van der Waals surface area contributed by atoms with Crippen LogP contribution in [0, 0.1) is 5.92 Å². The van der Waals surface area contributed by atoms with Gasteiger partial charge in [-0.2, -0.15) is 0 Å². The minimum absolute atomic E-state index is 0.0120. The maximum absolute atomic E-state index is 12.1. The molecule has 0 bridgehead atoms. The predicted octanol–water partition coefficient (Wildman–Crippen LogP) is 1.62. The lowest BCUT2D eigenvalue weighted by molar-refractivity contribution is -0.139. The minimum Gasteiger partial charge on any atom is -0.444 e. The van der Waals surface area contributed by atoms with Crippen LogP contribution in [0.5, 0.6) is 0 Å². The molecular formula is C17H31N3O4. The first-order valence-corrected chi connectivity index (χ1v) is 8.61. The van der Waals surface area contributed by atoms with Crippen LogP contribution in [0.4, 0.5) is 4.79 Å². The summed E-state index contributed by atoms with van der Waals surface area (Å²) in [6, 6.07) is 0. The molecule has 0 aliphatic carbocycles. The largest absolute Gasteiger partial charge is 0.444 e. The van der Waals surface area contributed by atoms with E-state index in [1.807, 2.05) is 18.7 Å². The van der Waals surface area contributed by atoms with Crippen LogP contribution in [0.1, 0.15) is 47.5 Å². The van der Waals surface area contributed by atoms with Gasteiger partial charge in [0.2, 0.25) is 11.8 Å². The smallest absolute Gasteiger partial charge is 0.407 e. The van der Waals surface area contributed by atoms with E-state index in [1.165, 1.54) is 0 Å². The van der Waals surface area contributed by atoms with E-state index in [4.69, 9.17) is 4.74 Å². The number of nitrogens with zero attached hydrogens (tertiary/aromatic N) is 2. The molecule has 0 aromatic heterocycles. The van der Waals surface area contributed by atoms with Gasteiger partial charge in [0.15, 0.2) is 0 Å². The zero-order chi connectivity index (χ0) is 18.3. The van der Waals surface area contributed by atoms with Gasteiger partial charge in [0.05, 0.1) is 0 Å². The van der Waals surface area contributed by atoms with Gasteiger partial charge in [0.25, 0.3) is 0 Å². The number of alkyl carbamates (subject to hydrolysis) is 1. The summed E-state index contributed by atoms with van der Waals surface area (Å²) in [5.41, 5.74) is -0.549. The Balaban J connectivity index is 2.26. The number of carbonyl (C=O) groups excluding carboxylic acids is 3. The molecule has 0 unspecified atom stereocenters. The molecule has 24 heavy (non-hydrogen) atoms. The van der Waals surface area contributed by atoms with Crippen molar-refractivity contribution in [2.75, 3.05) is 32.7 Å². The second-order valence-electron chi connectivity index (χ2n) is 7.54. The maximum atomic E-state index is 12.1. The molecule has 0 atom stereocenters. The Morgan fingerprint density at radius 1 is 1.00 bits per heavy atom. The number of amides is 3. The number of rotatable bonds is 5. The van der Waals surface area contributed by atoms with E-state index >= 15 is 0 Å². The van der Waals surface area contributed by atoms with Crippen molar-refractivity contribution in [3.8, 4) is 0 Å². The van der Waals surface area contributed by atoms with Crippen LogP contribution in [-0.4, -0.2) is 66.0 Å². The molecule has 3 amide bonds. The average molecular weight is 341 g/mol. The van der Waals surface area contributed by atoms with Gasteiger partial charge in [-0.3, -0.25) is 9.59 Å². The van der Waals surface area contributed by atoms with Crippen molar-refractivity contribution in [3.05, 3.63) is 0 Å². The Bertz CT molecular complexity index is 449. The third kappa shape index (κ3) is 7.66. The average Bonchev–Trinajstić information content (AvgIpc) is 2.44. The standard InChI is InChI=1S/C17H31N3O4/c1-13(2)12-15(22)20-10-8-19(9-11-20)14(21)6-7-18-16(23)24-17(3,4)5/h13H,6-12H2,1-5H3,(H,18,23). The van der Waals surface area contributed by atoms with Gasteiger partial charge in [-0.05, 0) is 26.7 Å². The summed E-state index contributed by atoms with van der Waals surface area (Å²) in [5.74, 6) is 0.488. The summed E-state index contributed by atoms with van der Waals surface area (Å²) in [6.07, 6.45) is 0.270. The van der Waals surface area contributed by atoms with Gasteiger partial charge in [-0.25, -0.2) is 4.79 Å².